The molecule has 5 nitrogen and oxygen atoms in total. The van der Waals surface area contributed by atoms with Crippen molar-refractivity contribution in [1.82, 2.24) is 0 Å². The Hall–Kier alpha value is -1.92. The number of benzene rings is 2. The van der Waals surface area contributed by atoms with E-state index < -0.39 is 18.3 Å². The van der Waals surface area contributed by atoms with Crippen LogP contribution in [-0.2, 0) is 42.7 Å². The van der Waals surface area contributed by atoms with Crippen LogP contribution in [0.5, 0.6) is 0 Å². The van der Waals surface area contributed by atoms with Crippen LogP contribution in [0.4, 0.5) is 0 Å². The second kappa shape index (κ2) is 8.87. The van der Waals surface area contributed by atoms with Crippen LogP contribution < -0.4 is 10.9 Å². The Bertz CT molecular complexity index is 1520. The third-order valence-corrected chi connectivity index (χ3v) is 13.0. The molecule has 0 N–H and O–H groups in total. The molecule has 0 radical (unpaired) electrons. The first-order chi connectivity index (χ1) is 20.1. The smallest absolute Gasteiger partial charge is 0.399 e. The lowest BCUT2D eigenvalue weighted by atomic mass is 9.70. The van der Waals surface area contributed by atoms with Gasteiger partial charge in [0, 0.05) is 18.3 Å². The highest BCUT2D eigenvalue weighted by atomic mass is 16.7. The lowest BCUT2D eigenvalue weighted by molar-refractivity contribution is -0.130. The Morgan fingerprint density at radius 2 is 1.09 bits per heavy atom. The predicted molar refractivity (Wildman–Crippen MR) is 171 cm³/mol. The first-order valence-electron chi connectivity index (χ1n) is 16.7. The molecule has 4 fully saturated rings. The van der Waals surface area contributed by atoms with Crippen molar-refractivity contribution in [3.8, 4) is 11.1 Å². The Morgan fingerprint density at radius 3 is 1.63 bits per heavy atom. The van der Waals surface area contributed by atoms with Gasteiger partial charge in [-0.15, -0.1) is 0 Å². The molecule has 8 rings (SSSR count). The zero-order chi connectivity index (χ0) is 30.3. The molecule has 2 aromatic carbocycles. The molecule has 43 heavy (non-hydrogen) atoms. The summed E-state index contributed by atoms with van der Waals surface area (Å²) in [5, 5.41) is 0. The lowest BCUT2D eigenvalue weighted by Crippen LogP contribution is -2.41. The highest BCUT2D eigenvalue weighted by Crippen LogP contribution is 2.55. The number of hydrogen-bond acceptors (Lipinski definition) is 5. The van der Waals surface area contributed by atoms with E-state index in [1.165, 1.54) is 64.5 Å². The van der Waals surface area contributed by atoms with Gasteiger partial charge in [-0.25, -0.2) is 0 Å². The van der Waals surface area contributed by atoms with Crippen LogP contribution in [0.2, 0.25) is 0 Å². The zero-order valence-electron chi connectivity index (χ0n) is 27.3. The Balaban J connectivity index is 1.26. The molecule has 0 amide bonds. The second-order valence-corrected chi connectivity index (χ2v) is 16.6. The molecule has 7 heteroatoms. The number of hydrogen-bond donors (Lipinski definition) is 0. The number of rotatable bonds is 3. The summed E-state index contributed by atoms with van der Waals surface area (Å²) in [4.78, 5) is 12.8. The molecule has 1 spiro atoms. The number of fused-ring (bicyclic) bond motifs is 4. The molecule has 2 saturated heterocycles. The SMILES string of the molecule is CC1(C)OB(c2ccc(-c3ccc(B4OC(C)(C)C(C)(C)O4)c4c3C3CC(=O)C3C4)c3c2CC2(CCCC2)C3)OC1(C)C. The fourth-order valence-corrected chi connectivity index (χ4v) is 8.97. The van der Waals surface area contributed by atoms with Crippen LogP contribution in [0, 0.1) is 11.3 Å². The summed E-state index contributed by atoms with van der Waals surface area (Å²) in [6.45, 7) is 17.0. The van der Waals surface area contributed by atoms with Crippen molar-refractivity contribution in [2.75, 3.05) is 0 Å². The van der Waals surface area contributed by atoms with Crippen molar-refractivity contribution in [3.05, 3.63) is 46.5 Å². The largest absolute Gasteiger partial charge is 0.495 e. The van der Waals surface area contributed by atoms with E-state index in [4.69, 9.17) is 18.6 Å². The highest BCUT2D eigenvalue weighted by Gasteiger charge is 2.56. The van der Waals surface area contributed by atoms with Gasteiger partial charge in [-0.3, -0.25) is 4.79 Å². The average Bonchev–Trinajstić information content (AvgIpc) is 3.68. The molecular weight excluding hydrogens is 534 g/mol. The van der Waals surface area contributed by atoms with Gasteiger partial charge in [-0.05, 0) is 137 Å². The number of carbonyl (C=O) groups is 1. The van der Waals surface area contributed by atoms with E-state index in [1.54, 1.807) is 0 Å². The van der Waals surface area contributed by atoms with Crippen molar-refractivity contribution in [2.24, 2.45) is 11.3 Å². The van der Waals surface area contributed by atoms with Gasteiger partial charge in [0.05, 0.1) is 22.4 Å². The maximum absolute atomic E-state index is 12.8. The van der Waals surface area contributed by atoms with Crippen molar-refractivity contribution < 1.29 is 23.4 Å². The van der Waals surface area contributed by atoms with E-state index >= 15 is 0 Å². The molecule has 2 atom stereocenters. The molecule has 226 valence electrons. The van der Waals surface area contributed by atoms with Crippen molar-refractivity contribution in [1.29, 1.82) is 0 Å². The zero-order valence-corrected chi connectivity index (χ0v) is 27.3. The molecule has 0 aromatic heterocycles. The maximum atomic E-state index is 12.8. The second-order valence-electron chi connectivity index (χ2n) is 16.6. The number of Topliss-reactive ketones (excluding diaryl/α,β-unsaturated/α-hetero) is 1. The standard InChI is InChI=1S/C36H46B2O5/c1-32(2)33(3,4)41-37(40-32)28-14-12-22(31-24-18-30(39)23(24)17-25(28)31)21-11-13-29(38-42-34(5,6)35(7,8)43-38)27-20-36(19-26(21)27)15-9-10-16-36/h11-14,23-24H,9-10,15-20H2,1-8H3. The van der Waals surface area contributed by atoms with Crippen molar-refractivity contribution in [3.63, 3.8) is 0 Å². The van der Waals surface area contributed by atoms with Gasteiger partial charge in [0.25, 0.3) is 0 Å². The summed E-state index contributed by atoms with van der Waals surface area (Å²) in [7, 11) is -0.770. The van der Waals surface area contributed by atoms with Gasteiger partial charge in [-0.1, -0.05) is 37.1 Å². The summed E-state index contributed by atoms with van der Waals surface area (Å²) in [6.07, 6.45) is 8.89. The Kier molecular flexibility index (Phi) is 5.89. The fraction of sp³-hybridized carbons (Fsp3) is 0.639. The van der Waals surface area contributed by atoms with Crippen LogP contribution in [-0.4, -0.2) is 42.4 Å². The van der Waals surface area contributed by atoms with Crippen LogP contribution >= 0.6 is 0 Å². The summed E-state index contributed by atoms with van der Waals surface area (Å²) < 4.78 is 26.3. The van der Waals surface area contributed by atoms with Crippen LogP contribution in [0.25, 0.3) is 11.1 Å². The van der Waals surface area contributed by atoms with Gasteiger partial charge in [0.1, 0.15) is 5.78 Å². The minimum Gasteiger partial charge on any atom is -0.399 e. The summed E-state index contributed by atoms with van der Waals surface area (Å²) in [5.74, 6) is 0.786. The van der Waals surface area contributed by atoms with Gasteiger partial charge in [0.15, 0.2) is 0 Å². The molecule has 2 aromatic rings. The monoisotopic (exact) mass is 580 g/mol. The third kappa shape index (κ3) is 3.96. The number of carbonyl (C=O) groups excluding carboxylic acids is 1. The van der Waals surface area contributed by atoms with E-state index in [-0.39, 0.29) is 24.2 Å². The highest BCUT2D eigenvalue weighted by molar-refractivity contribution is 6.63. The number of ketones is 1. The topological polar surface area (TPSA) is 54.0 Å². The molecule has 6 aliphatic rings. The van der Waals surface area contributed by atoms with Crippen LogP contribution in [0.1, 0.15) is 116 Å². The van der Waals surface area contributed by atoms with E-state index in [0.29, 0.717) is 23.5 Å². The Labute approximate surface area is 258 Å². The minimum absolute atomic E-state index is 0.0931. The maximum Gasteiger partial charge on any atom is 0.495 e. The Morgan fingerprint density at radius 1 is 0.605 bits per heavy atom. The van der Waals surface area contributed by atoms with Gasteiger partial charge in [-0.2, -0.15) is 0 Å². The van der Waals surface area contributed by atoms with Gasteiger partial charge in [0.2, 0.25) is 0 Å². The van der Waals surface area contributed by atoms with E-state index in [9.17, 15) is 4.79 Å². The lowest BCUT2D eigenvalue weighted by Gasteiger charge is -2.32. The van der Waals surface area contributed by atoms with Crippen LogP contribution in [0.3, 0.4) is 0 Å². The summed E-state index contributed by atoms with van der Waals surface area (Å²) >= 11 is 0. The molecule has 2 saturated carbocycles. The predicted octanol–water partition coefficient (Wildman–Crippen LogP) is 5.84. The normalized spacial score (nSPS) is 30.1. The molecule has 2 heterocycles. The van der Waals surface area contributed by atoms with Crippen molar-refractivity contribution in [2.45, 2.75) is 135 Å². The first kappa shape index (κ1) is 28.5. The summed E-state index contributed by atoms with van der Waals surface area (Å²) in [6, 6.07) is 9.18. The molecule has 2 unspecified atom stereocenters. The van der Waals surface area contributed by atoms with Crippen molar-refractivity contribution >= 4 is 30.9 Å². The molecule has 0 bridgehead atoms. The summed E-state index contributed by atoms with van der Waals surface area (Å²) in [5.41, 5.74) is 9.34. The third-order valence-electron chi connectivity index (χ3n) is 13.0. The van der Waals surface area contributed by atoms with E-state index in [2.05, 4.69) is 79.7 Å². The molecule has 4 aliphatic carbocycles. The van der Waals surface area contributed by atoms with Crippen LogP contribution in [0.15, 0.2) is 24.3 Å². The minimum atomic E-state index is -0.418. The van der Waals surface area contributed by atoms with E-state index in [0.717, 1.165) is 24.7 Å². The molecular formula is C36H46B2O5. The van der Waals surface area contributed by atoms with Gasteiger partial charge < -0.3 is 18.6 Å². The quantitative estimate of drug-likeness (QED) is 0.428. The first-order valence-corrected chi connectivity index (χ1v) is 16.7. The fourth-order valence-electron chi connectivity index (χ4n) is 8.97. The van der Waals surface area contributed by atoms with E-state index in [1.807, 2.05) is 0 Å². The molecule has 2 aliphatic heterocycles. The average molecular weight is 580 g/mol. The van der Waals surface area contributed by atoms with Gasteiger partial charge >= 0.3 is 14.2 Å².